The molecule has 0 unspecified atom stereocenters. The van der Waals surface area contributed by atoms with Crippen molar-refractivity contribution in [2.45, 2.75) is 6.92 Å². The largest absolute Gasteiger partial charge is 0.323 e. The van der Waals surface area contributed by atoms with Crippen molar-refractivity contribution < 1.29 is 9.18 Å². The Labute approximate surface area is 130 Å². The zero-order valence-corrected chi connectivity index (χ0v) is 12.2. The zero-order valence-electron chi connectivity index (χ0n) is 12.2. The molecule has 6 nitrogen and oxygen atoms in total. The summed E-state index contributed by atoms with van der Waals surface area (Å²) in [5.41, 5.74) is 1.04. The van der Waals surface area contributed by atoms with Crippen molar-refractivity contribution in [1.82, 2.24) is 9.38 Å². The molecule has 0 bridgehead atoms. The molecular weight excluding hydrogens is 299 g/mol. The van der Waals surface area contributed by atoms with E-state index in [9.17, 15) is 14.0 Å². The van der Waals surface area contributed by atoms with Gasteiger partial charge in [0.1, 0.15) is 17.2 Å². The van der Waals surface area contributed by atoms with E-state index in [0.717, 1.165) is 0 Å². The molecule has 1 aromatic carbocycles. The van der Waals surface area contributed by atoms with Gasteiger partial charge in [-0.1, -0.05) is 6.07 Å². The first-order chi connectivity index (χ1) is 11.0. The Morgan fingerprint density at radius 1 is 1.13 bits per heavy atom. The molecule has 2 heterocycles. The van der Waals surface area contributed by atoms with Gasteiger partial charge in [-0.3, -0.25) is 9.20 Å². The number of aromatic nitrogens is 2. The fourth-order valence-electron chi connectivity index (χ4n) is 2.15. The third kappa shape index (κ3) is 3.03. The van der Waals surface area contributed by atoms with Crippen LogP contribution < -0.4 is 16.2 Å². The van der Waals surface area contributed by atoms with Crippen molar-refractivity contribution >= 4 is 23.1 Å². The lowest BCUT2D eigenvalue weighted by molar-refractivity contribution is 0.262. The second kappa shape index (κ2) is 5.88. The summed E-state index contributed by atoms with van der Waals surface area (Å²) in [7, 11) is 0. The predicted octanol–water partition coefficient (Wildman–Crippen LogP) is 2.79. The van der Waals surface area contributed by atoms with Crippen LogP contribution in [0.4, 0.5) is 20.6 Å². The van der Waals surface area contributed by atoms with Crippen LogP contribution in [-0.4, -0.2) is 15.4 Å². The maximum atomic E-state index is 12.8. The van der Waals surface area contributed by atoms with E-state index in [4.69, 9.17) is 0 Å². The highest BCUT2D eigenvalue weighted by Crippen LogP contribution is 2.11. The number of nitrogens with zero attached hydrogens (tertiary/aromatic N) is 2. The van der Waals surface area contributed by atoms with Crippen molar-refractivity contribution in [1.29, 1.82) is 0 Å². The maximum Gasteiger partial charge on any atom is 0.323 e. The average molecular weight is 312 g/mol. The number of rotatable bonds is 2. The summed E-state index contributed by atoms with van der Waals surface area (Å²) in [5.74, 6) is -0.399. The van der Waals surface area contributed by atoms with E-state index in [1.807, 2.05) is 0 Å². The van der Waals surface area contributed by atoms with E-state index >= 15 is 0 Å². The fourth-order valence-corrected chi connectivity index (χ4v) is 2.15. The first kappa shape index (κ1) is 14.7. The quantitative estimate of drug-likeness (QED) is 0.764. The summed E-state index contributed by atoms with van der Waals surface area (Å²) in [6, 6.07) is 9.89. The molecule has 0 fully saturated rings. The molecule has 0 saturated carbocycles. The van der Waals surface area contributed by atoms with Gasteiger partial charge in [-0.05, 0) is 43.3 Å². The number of hydrogen-bond donors (Lipinski definition) is 2. The lowest BCUT2D eigenvalue weighted by Gasteiger charge is -2.10. The number of aryl methyl sites for hydroxylation is 1. The van der Waals surface area contributed by atoms with E-state index < -0.39 is 11.8 Å². The zero-order chi connectivity index (χ0) is 16.4. The van der Waals surface area contributed by atoms with E-state index in [2.05, 4.69) is 15.6 Å². The van der Waals surface area contributed by atoms with E-state index in [-0.39, 0.29) is 11.2 Å². The third-order valence-corrected chi connectivity index (χ3v) is 3.26. The van der Waals surface area contributed by atoms with Gasteiger partial charge in [0.15, 0.2) is 0 Å². The second-order valence-corrected chi connectivity index (χ2v) is 4.89. The van der Waals surface area contributed by atoms with Gasteiger partial charge in [0.2, 0.25) is 0 Å². The molecule has 3 rings (SSSR count). The van der Waals surface area contributed by atoms with Gasteiger partial charge in [0.25, 0.3) is 5.56 Å². The molecule has 0 aliphatic rings. The molecule has 7 heteroatoms. The molecule has 116 valence electrons. The third-order valence-electron chi connectivity index (χ3n) is 3.26. The van der Waals surface area contributed by atoms with Crippen molar-refractivity contribution in [3.05, 3.63) is 70.5 Å². The van der Waals surface area contributed by atoms with Gasteiger partial charge in [-0.15, -0.1) is 0 Å². The molecule has 23 heavy (non-hydrogen) atoms. The maximum absolute atomic E-state index is 12.8. The standard InChI is InChI=1S/C16H13FN4O2/c1-10-14(15(22)21-9-3-2-4-13(21)18-10)20-16(23)19-12-7-5-11(17)6-8-12/h2-9H,1H3,(H2,19,20,23). The Hall–Kier alpha value is -3.22. The van der Waals surface area contributed by atoms with Gasteiger partial charge in [0.05, 0.1) is 5.69 Å². The number of fused-ring (bicyclic) bond motifs is 1. The van der Waals surface area contributed by atoms with Crippen LogP contribution in [-0.2, 0) is 0 Å². The lowest BCUT2D eigenvalue weighted by Crippen LogP contribution is -2.27. The minimum Gasteiger partial charge on any atom is -0.308 e. The van der Waals surface area contributed by atoms with E-state index in [1.54, 1.807) is 31.3 Å². The highest BCUT2D eigenvalue weighted by molar-refractivity contribution is 5.99. The van der Waals surface area contributed by atoms with Crippen molar-refractivity contribution in [2.75, 3.05) is 10.6 Å². The summed E-state index contributed by atoms with van der Waals surface area (Å²) in [4.78, 5) is 28.7. The van der Waals surface area contributed by atoms with Crippen LogP contribution in [0, 0.1) is 12.7 Å². The first-order valence-electron chi connectivity index (χ1n) is 6.86. The highest BCUT2D eigenvalue weighted by atomic mass is 19.1. The van der Waals surface area contributed by atoms with Gasteiger partial charge in [-0.2, -0.15) is 0 Å². The fraction of sp³-hybridized carbons (Fsp3) is 0.0625. The molecule has 0 spiro atoms. The van der Waals surface area contributed by atoms with Crippen LogP contribution in [0.3, 0.4) is 0 Å². The number of urea groups is 1. The predicted molar refractivity (Wildman–Crippen MR) is 85.2 cm³/mol. The van der Waals surface area contributed by atoms with Crippen molar-refractivity contribution in [3.63, 3.8) is 0 Å². The number of hydrogen-bond acceptors (Lipinski definition) is 3. The van der Waals surface area contributed by atoms with Crippen LogP contribution in [0.1, 0.15) is 5.69 Å². The molecule has 0 atom stereocenters. The number of anilines is 2. The Balaban J connectivity index is 1.87. The Kier molecular flexibility index (Phi) is 3.76. The van der Waals surface area contributed by atoms with Gasteiger partial charge in [-0.25, -0.2) is 14.2 Å². The van der Waals surface area contributed by atoms with Gasteiger partial charge < -0.3 is 10.6 Å². The Morgan fingerprint density at radius 2 is 1.87 bits per heavy atom. The summed E-state index contributed by atoms with van der Waals surface area (Å²) >= 11 is 0. The van der Waals surface area contributed by atoms with Gasteiger partial charge >= 0.3 is 6.03 Å². The molecule has 0 aliphatic carbocycles. The minimum absolute atomic E-state index is 0.0910. The summed E-state index contributed by atoms with van der Waals surface area (Å²) in [5, 5.41) is 5.02. The summed E-state index contributed by atoms with van der Waals surface area (Å²) in [6.45, 7) is 1.64. The molecule has 2 amide bonds. The average Bonchev–Trinajstić information content (AvgIpc) is 2.54. The monoisotopic (exact) mass is 312 g/mol. The molecule has 0 aliphatic heterocycles. The molecule has 2 N–H and O–H groups in total. The van der Waals surface area contributed by atoms with Crippen molar-refractivity contribution in [3.8, 4) is 0 Å². The van der Waals surface area contributed by atoms with Crippen LogP contribution in [0.25, 0.3) is 5.65 Å². The highest BCUT2D eigenvalue weighted by Gasteiger charge is 2.12. The van der Waals surface area contributed by atoms with E-state index in [0.29, 0.717) is 17.0 Å². The molecule has 0 radical (unpaired) electrons. The number of carbonyl (C=O) groups excluding carboxylic acids is 1. The second-order valence-electron chi connectivity index (χ2n) is 4.89. The number of benzene rings is 1. The topological polar surface area (TPSA) is 75.5 Å². The molecule has 3 aromatic rings. The number of halogens is 1. The van der Waals surface area contributed by atoms with E-state index in [1.165, 1.54) is 28.7 Å². The van der Waals surface area contributed by atoms with Gasteiger partial charge in [0, 0.05) is 11.9 Å². The Bertz CT molecular complexity index is 935. The molecule has 2 aromatic heterocycles. The van der Waals surface area contributed by atoms with Crippen LogP contribution in [0.5, 0.6) is 0 Å². The smallest absolute Gasteiger partial charge is 0.308 e. The van der Waals surface area contributed by atoms with Crippen LogP contribution >= 0.6 is 0 Å². The number of amides is 2. The molecule has 0 saturated heterocycles. The summed E-state index contributed by atoms with van der Waals surface area (Å²) in [6.07, 6.45) is 1.58. The Morgan fingerprint density at radius 3 is 2.61 bits per heavy atom. The number of carbonyl (C=O) groups is 1. The molecular formula is C16H13FN4O2. The first-order valence-corrected chi connectivity index (χ1v) is 6.86. The lowest BCUT2D eigenvalue weighted by atomic mass is 10.3. The number of nitrogens with one attached hydrogen (secondary N) is 2. The summed E-state index contributed by atoms with van der Waals surface area (Å²) < 4.78 is 14.2. The van der Waals surface area contributed by atoms with Crippen LogP contribution in [0.2, 0.25) is 0 Å². The van der Waals surface area contributed by atoms with Crippen LogP contribution in [0.15, 0.2) is 53.5 Å². The normalized spacial score (nSPS) is 10.5. The van der Waals surface area contributed by atoms with Crippen molar-refractivity contribution in [2.24, 2.45) is 0 Å². The SMILES string of the molecule is Cc1nc2ccccn2c(=O)c1NC(=O)Nc1ccc(F)cc1. The minimum atomic E-state index is -0.602. The number of pyridine rings is 1.